The van der Waals surface area contributed by atoms with Gasteiger partial charge in [0.05, 0.1) is 22.2 Å². The van der Waals surface area contributed by atoms with Crippen molar-refractivity contribution in [3.8, 4) is 0 Å². The van der Waals surface area contributed by atoms with Crippen LogP contribution in [0.5, 0.6) is 0 Å². The van der Waals surface area contributed by atoms with E-state index < -0.39 is 0 Å². The average Bonchev–Trinajstić information content (AvgIpc) is 3.32. The third-order valence-corrected chi connectivity index (χ3v) is 6.26. The number of likely N-dealkylation sites (tertiary alicyclic amines) is 1. The van der Waals surface area contributed by atoms with Gasteiger partial charge in [0.2, 0.25) is 0 Å². The number of imidazole rings is 1. The zero-order valence-corrected chi connectivity index (χ0v) is 17.6. The van der Waals surface area contributed by atoms with Crippen molar-refractivity contribution in [1.29, 1.82) is 0 Å². The minimum absolute atomic E-state index is 0.103. The molecule has 3 heterocycles. The van der Waals surface area contributed by atoms with E-state index in [4.69, 9.17) is 4.98 Å². The highest BCUT2D eigenvalue weighted by Gasteiger charge is 2.38. The van der Waals surface area contributed by atoms with Gasteiger partial charge >= 0.3 is 0 Å². The van der Waals surface area contributed by atoms with Crippen LogP contribution in [0.1, 0.15) is 69.5 Å². The summed E-state index contributed by atoms with van der Waals surface area (Å²) in [5, 5.41) is 0. The van der Waals surface area contributed by atoms with E-state index in [-0.39, 0.29) is 29.7 Å². The van der Waals surface area contributed by atoms with Gasteiger partial charge < -0.3 is 9.88 Å². The van der Waals surface area contributed by atoms with Crippen LogP contribution in [-0.2, 0) is 0 Å². The molecule has 3 amide bonds. The average molecular weight is 416 g/mol. The fraction of sp³-hybridized carbons (Fsp3) is 0.333. The molecule has 7 heteroatoms. The Hall–Kier alpha value is -3.48. The summed E-state index contributed by atoms with van der Waals surface area (Å²) in [7, 11) is 0. The number of H-pyrrole nitrogens is 1. The number of fused-ring (bicyclic) bond motifs is 2. The second kappa shape index (κ2) is 7.34. The Bertz CT molecular complexity index is 1170. The maximum atomic E-state index is 13.1. The summed E-state index contributed by atoms with van der Waals surface area (Å²) in [5.74, 6) is 0.543. The van der Waals surface area contributed by atoms with Crippen molar-refractivity contribution in [1.82, 2.24) is 19.8 Å². The van der Waals surface area contributed by atoms with E-state index in [9.17, 15) is 14.4 Å². The molecule has 31 heavy (non-hydrogen) atoms. The lowest BCUT2D eigenvalue weighted by Crippen LogP contribution is -2.38. The lowest BCUT2D eigenvalue weighted by molar-refractivity contribution is 0.0608. The molecular weight excluding hydrogens is 392 g/mol. The Morgan fingerprint density at radius 2 is 1.74 bits per heavy atom. The molecule has 1 N–H and O–H groups in total. The lowest BCUT2D eigenvalue weighted by Gasteiger charge is -2.31. The summed E-state index contributed by atoms with van der Waals surface area (Å²) >= 11 is 0. The van der Waals surface area contributed by atoms with Crippen molar-refractivity contribution in [3.63, 3.8) is 0 Å². The summed E-state index contributed by atoms with van der Waals surface area (Å²) in [4.78, 5) is 49.4. The van der Waals surface area contributed by atoms with Crippen LogP contribution in [0, 0.1) is 0 Å². The molecule has 0 atom stereocenters. The molecule has 5 rings (SSSR count). The van der Waals surface area contributed by atoms with Crippen LogP contribution in [0.3, 0.4) is 0 Å². The van der Waals surface area contributed by atoms with Crippen molar-refractivity contribution in [2.24, 2.45) is 0 Å². The largest absolute Gasteiger partial charge is 0.342 e. The van der Waals surface area contributed by atoms with E-state index in [0.29, 0.717) is 29.8 Å². The summed E-state index contributed by atoms with van der Waals surface area (Å²) in [6, 6.07) is 12.6. The lowest BCUT2D eigenvalue weighted by atomic mass is 9.95. The molecule has 0 bridgehead atoms. The molecule has 1 saturated heterocycles. The molecule has 0 radical (unpaired) electrons. The van der Waals surface area contributed by atoms with Crippen LogP contribution in [0.2, 0.25) is 0 Å². The molecule has 0 spiro atoms. The van der Waals surface area contributed by atoms with Crippen LogP contribution < -0.4 is 0 Å². The Kier molecular flexibility index (Phi) is 4.61. The molecule has 2 aliphatic heterocycles. The standard InChI is InChI=1S/C24H24N4O3/c1-14(2)28-23(30)17-8-7-16(13-18(17)24(28)31)22(29)27-11-9-15(10-12-27)21-25-19-5-3-4-6-20(19)26-21/h3-8,13-15H,9-12H2,1-2H3,(H,25,26). The van der Waals surface area contributed by atoms with Crippen LogP contribution >= 0.6 is 0 Å². The molecule has 2 aromatic carbocycles. The predicted molar refractivity (Wildman–Crippen MR) is 116 cm³/mol. The first kappa shape index (κ1) is 19.5. The fourth-order valence-electron chi connectivity index (χ4n) is 4.57. The Morgan fingerprint density at radius 1 is 1.03 bits per heavy atom. The number of aromatic nitrogens is 2. The van der Waals surface area contributed by atoms with Crippen LogP contribution in [0.4, 0.5) is 0 Å². The number of rotatable bonds is 3. The number of imide groups is 1. The number of hydrogen-bond acceptors (Lipinski definition) is 4. The third kappa shape index (κ3) is 3.21. The number of piperidine rings is 1. The van der Waals surface area contributed by atoms with Crippen molar-refractivity contribution in [2.75, 3.05) is 13.1 Å². The molecule has 2 aliphatic rings. The summed E-state index contributed by atoms with van der Waals surface area (Å²) < 4.78 is 0. The predicted octanol–water partition coefficient (Wildman–Crippen LogP) is 3.59. The van der Waals surface area contributed by atoms with E-state index in [1.165, 1.54) is 4.90 Å². The van der Waals surface area contributed by atoms with Gasteiger partial charge in [0.15, 0.2) is 0 Å². The summed E-state index contributed by atoms with van der Waals surface area (Å²) in [6.07, 6.45) is 1.66. The fourth-order valence-corrected chi connectivity index (χ4v) is 4.57. The molecule has 0 unspecified atom stereocenters. The molecule has 0 saturated carbocycles. The number of carbonyl (C=O) groups excluding carboxylic acids is 3. The van der Waals surface area contributed by atoms with Crippen LogP contribution in [-0.4, -0.2) is 56.6 Å². The van der Waals surface area contributed by atoms with Gasteiger partial charge in [-0.2, -0.15) is 0 Å². The quantitative estimate of drug-likeness (QED) is 0.661. The van der Waals surface area contributed by atoms with Crippen molar-refractivity contribution < 1.29 is 14.4 Å². The van der Waals surface area contributed by atoms with Crippen molar-refractivity contribution in [2.45, 2.75) is 38.6 Å². The van der Waals surface area contributed by atoms with E-state index in [0.717, 1.165) is 29.7 Å². The maximum Gasteiger partial charge on any atom is 0.261 e. The van der Waals surface area contributed by atoms with Gasteiger partial charge in [0.1, 0.15) is 5.82 Å². The Labute approximate surface area is 180 Å². The number of nitrogens with one attached hydrogen (secondary N) is 1. The first-order valence-electron chi connectivity index (χ1n) is 10.7. The Balaban J connectivity index is 1.30. The maximum absolute atomic E-state index is 13.1. The number of amides is 3. The number of para-hydroxylation sites is 2. The molecule has 1 aromatic heterocycles. The van der Waals surface area contributed by atoms with Crippen LogP contribution in [0.15, 0.2) is 42.5 Å². The van der Waals surface area contributed by atoms with Gasteiger partial charge in [-0.3, -0.25) is 19.3 Å². The number of hydrogen-bond donors (Lipinski definition) is 1. The van der Waals surface area contributed by atoms with Gasteiger partial charge in [-0.25, -0.2) is 4.98 Å². The zero-order valence-electron chi connectivity index (χ0n) is 17.6. The van der Waals surface area contributed by atoms with Gasteiger partial charge in [-0.05, 0) is 57.0 Å². The van der Waals surface area contributed by atoms with E-state index in [2.05, 4.69) is 4.98 Å². The second-order valence-corrected chi connectivity index (χ2v) is 8.54. The van der Waals surface area contributed by atoms with Crippen molar-refractivity contribution in [3.05, 3.63) is 65.0 Å². The smallest absolute Gasteiger partial charge is 0.261 e. The second-order valence-electron chi connectivity index (χ2n) is 8.54. The minimum Gasteiger partial charge on any atom is -0.342 e. The minimum atomic E-state index is -0.326. The highest BCUT2D eigenvalue weighted by Crippen LogP contribution is 2.30. The summed E-state index contributed by atoms with van der Waals surface area (Å²) in [6.45, 7) is 4.87. The van der Waals surface area contributed by atoms with E-state index >= 15 is 0 Å². The highest BCUT2D eigenvalue weighted by atomic mass is 16.2. The highest BCUT2D eigenvalue weighted by molar-refractivity contribution is 6.22. The van der Waals surface area contributed by atoms with Crippen LogP contribution in [0.25, 0.3) is 11.0 Å². The molecule has 158 valence electrons. The van der Waals surface area contributed by atoms with E-state index in [1.54, 1.807) is 32.0 Å². The number of nitrogens with zero attached hydrogens (tertiary/aromatic N) is 3. The number of carbonyl (C=O) groups is 3. The number of benzene rings is 2. The SMILES string of the molecule is CC(C)N1C(=O)c2ccc(C(=O)N3CCC(c4nc5ccccc5[nH]4)CC3)cc2C1=O. The molecular formula is C24H24N4O3. The first-order chi connectivity index (χ1) is 14.9. The van der Waals surface area contributed by atoms with Gasteiger partial charge in [-0.15, -0.1) is 0 Å². The molecule has 3 aromatic rings. The third-order valence-electron chi connectivity index (χ3n) is 6.26. The van der Waals surface area contributed by atoms with Crippen molar-refractivity contribution >= 4 is 28.8 Å². The normalized spacial score (nSPS) is 17.1. The molecule has 1 fully saturated rings. The topological polar surface area (TPSA) is 86.4 Å². The molecule has 7 nitrogen and oxygen atoms in total. The monoisotopic (exact) mass is 416 g/mol. The van der Waals surface area contributed by atoms with Gasteiger partial charge in [0.25, 0.3) is 17.7 Å². The first-order valence-corrected chi connectivity index (χ1v) is 10.7. The Morgan fingerprint density at radius 3 is 2.45 bits per heavy atom. The number of aromatic amines is 1. The molecule has 0 aliphatic carbocycles. The van der Waals surface area contributed by atoms with E-state index in [1.807, 2.05) is 29.2 Å². The van der Waals surface area contributed by atoms with Gasteiger partial charge in [-0.1, -0.05) is 12.1 Å². The summed E-state index contributed by atoms with van der Waals surface area (Å²) in [5.41, 5.74) is 3.14. The zero-order chi connectivity index (χ0) is 21.7. The van der Waals surface area contributed by atoms with Gasteiger partial charge in [0, 0.05) is 30.6 Å².